The molecule has 0 unspecified atom stereocenters. The summed E-state index contributed by atoms with van der Waals surface area (Å²) in [7, 11) is 0. The van der Waals surface area contributed by atoms with Gasteiger partial charge in [0.05, 0.1) is 10.7 Å². The maximum absolute atomic E-state index is 13.4. The summed E-state index contributed by atoms with van der Waals surface area (Å²) in [5.74, 6) is -1.35. The van der Waals surface area contributed by atoms with Gasteiger partial charge in [0.15, 0.2) is 6.29 Å². The van der Waals surface area contributed by atoms with E-state index in [1.807, 2.05) is 0 Å². The molecule has 5 heteroatoms. The highest BCUT2D eigenvalue weighted by atomic mass is 35.5. The maximum Gasteiger partial charge on any atom is 0.151 e. The first-order valence-corrected chi connectivity index (χ1v) is 5.45. The molecular formula is C13H8ClF2NO. The first kappa shape index (κ1) is 12.5. The van der Waals surface area contributed by atoms with E-state index < -0.39 is 11.6 Å². The molecule has 0 aromatic heterocycles. The fourth-order valence-corrected chi connectivity index (χ4v) is 1.67. The zero-order chi connectivity index (χ0) is 13.1. The molecule has 0 fully saturated rings. The van der Waals surface area contributed by atoms with Crippen LogP contribution in [-0.4, -0.2) is 6.29 Å². The Kier molecular flexibility index (Phi) is 3.58. The summed E-state index contributed by atoms with van der Waals surface area (Å²) in [4.78, 5) is 10.6. The molecule has 0 spiro atoms. The minimum absolute atomic E-state index is 0.131. The second-order valence-corrected chi connectivity index (χ2v) is 4.01. The van der Waals surface area contributed by atoms with Gasteiger partial charge in [-0.05, 0) is 30.3 Å². The Morgan fingerprint density at radius 2 is 1.89 bits per heavy atom. The molecule has 0 heterocycles. The van der Waals surface area contributed by atoms with E-state index in [0.717, 1.165) is 12.1 Å². The summed E-state index contributed by atoms with van der Waals surface area (Å²) in [6.07, 6.45) is 0.630. The number of rotatable bonds is 3. The van der Waals surface area contributed by atoms with Gasteiger partial charge in [-0.3, -0.25) is 4.79 Å². The average Bonchev–Trinajstić information content (AvgIpc) is 2.33. The molecule has 2 rings (SSSR count). The van der Waals surface area contributed by atoms with Crippen LogP contribution in [0.4, 0.5) is 20.2 Å². The fraction of sp³-hybridized carbons (Fsp3) is 0. The van der Waals surface area contributed by atoms with Crippen LogP contribution in [0.5, 0.6) is 0 Å². The molecule has 2 aromatic rings. The van der Waals surface area contributed by atoms with E-state index >= 15 is 0 Å². The first-order chi connectivity index (χ1) is 8.60. The molecule has 2 nitrogen and oxygen atoms in total. The Morgan fingerprint density at radius 1 is 1.11 bits per heavy atom. The predicted molar refractivity (Wildman–Crippen MR) is 66.5 cm³/mol. The third kappa shape index (κ3) is 2.65. The van der Waals surface area contributed by atoms with E-state index in [9.17, 15) is 13.6 Å². The van der Waals surface area contributed by atoms with Crippen LogP contribution in [0.3, 0.4) is 0 Å². The van der Waals surface area contributed by atoms with Gasteiger partial charge in [0.2, 0.25) is 0 Å². The number of benzene rings is 2. The SMILES string of the molecule is O=Cc1ccc(Nc2ccc(F)cc2F)cc1Cl. The lowest BCUT2D eigenvalue weighted by Gasteiger charge is -2.08. The highest BCUT2D eigenvalue weighted by molar-refractivity contribution is 6.33. The van der Waals surface area contributed by atoms with E-state index in [-0.39, 0.29) is 10.7 Å². The van der Waals surface area contributed by atoms with Crippen molar-refractivity contribution in [1.29, 1.82) is 0 Å². The smallest absolute Gasteiger partial charge is 0.151 e. The van der Waals surface area contributed by atoms with Crippen molar-refractivity contribution in [2.75, 3.05) is 5.32 Å². The molecule has 0 amide bonds. The number of carbonyl (C=O) groups excluding carboxylic acids is 1. The Hall–Kier alpha value is -1.94. The first-order valence-electron chi connectivity index (χ1n) is 5.07. The summed E-state index contributed by atoms with van der Waals surface area (Å²) in [6, 6.07) is 7.80. The molecule has 92 valence electrons. The Labute approximate surface area is 107 Å². The van der Waals surface area contributed by atoms with Gasteiger partial charge >= 0.3 is 0 Å². The number of hydrogen-bond donors (Lipinski definition) is 1. The minimum atomic E-state index is -0.703. The lowest BCUT2D eigenvalue weighted by molar-refractivity contribution is 0.112. The third-order valence-electron chi connectivity index (χ3n) is 2.34. The number of aldehydes is 1. The molecule has 0 aliphatic rings. The molecule has 0 saturated carbocycles. The van der Waals surface area contributed by atoms with Crippen LogP contribution in [0.1, 0.15) is 10.4 Å². The molecule has 0 bridgehead atoms. The summed E-state index contributed by atoms with van der Waals surface area (Å²) >= 11 is 5.84. The molecule has 0 aliphatic carbocycles. The Balaban J connectivity index is 2.28. The van der Waals surface area contributed by atoms with Gasteiger partial charge in [-0.25, -0.2) is 8.78 Å². The predicted octanol–water partition coefficient (Wildman–Crippen LogP) is 4.17. The van der Waals surface area contributed by atoms with E-state index in [4.69, 9.17) is 11.6 Å². The van der Waals surface area contributed by atoms with Crippen molar-refractivity contribution in [1.82, 2.24) is 0 Å². The van der Waals surface area contributed by atoms with Crippen molar-refractivity contribution >= 4 is 29.3 Å². The average molecular weight is 268 g/mol. The zero-order valence-corrected chi connectivity index (χ0v) is 9.84. The van der Waals surface area contributed by atoms with Crippen LogP contribution in [0.25, 0.3) is 0 Å². The summed E-state index contributed by atoms with van der Waals surface area (Å²) in [5.41, 5.74) is 0.990. The number of hydrogen-bond acceptors (Lipinski definition) is 2. The topological polar surface area (TPSA) is 29.1 Å². The lowest BCUT2D eigenvalue weighted by Crippen LogP contribution is -1.95. The molecule has 0 radical (unpaired) electrons. The van der Waals surface area contributed by atoms with Crippen LogP contribution in [0.15, 0.2) is 36.4 Å². The van der Waals surface area contributed by atoms with E-state index in [1.165, 1.54) is 18.2 Å². The van der Waals surface area contributed by atoms with Crippen LogP contribution in [0, 0.1) is 11.6 Å². The van der Waals surface area contributed by atoms with Crippen LogP contribution in [-0.2, 0) is 0 Å². The van der Waals surface area contributed by atoms with E-state index in [0.29, 0.717) is 17.5 Å². The fourth-order valence-electron chi connectivity index (χ4n) is 1.45. The van der Waals surface area contributed by atoms with E-state index in [1.54, 1.807) is 6.07 Å². The van der Waals surface area contributed by atoms with Crippen molar-refractivity contribution in [2.45, 2.75) is 0 Å². The van der Waals surface area contributed by atoms with Gasteiger partial charge in [-0.15, -0.1) is 0 Å². The molecule has 0 saturated heterocycles. The summed E-state index contributed by atoms with van der Waals surface area (Å²) in [6.45, 7) is 0. The molecular weight excluding hydrogens is 260 g/mol. The minimum Gasteiger partial charge on any atom is -0.353 e. The van der Waals surface area contributed by atoms with Crippen LogP contribution < -0.4 is 5.32 Å². The van der Waals surface area contributed by atoms with Crippen molar-refractivity contribution in [3.05, 3.63) is 58.6 Å². The van der Waals surface area contributed by atoms with Crippen molar-refractivity contribution in [3.8, 4) is 0 Å². The van der Waals surface area contributed by atoms with Gasteiger partial charge in [0, 0.05) is 17.3 Å². The highest BCUT2D eigenvalue weighted by Crippen LogP contribution is 2.24. The molecule has 0 aliphatic heterocycles. The number of carbonyl (C=O) groups is 1. The second kappa shape index (κ2) is 5.14. The van der Waals surface area contributed by atoms with Gasteiger partial charge < -0.3 is 5.32 Å². The summed E-state index contributed by atoms with van der Waals surface area (Å²) in [5, 5.41) is 3.01. The van der Waals surface area contributed by atoms with Crippen LogP contribution in [0.2, 0.25) is 5.02 Å². The number of anilines is 2. The zero-order valence-electron chi connectivity index (χ0n) is 9.08. The van der Waals surface area contributed by atoms with E-state index in [2.05, 4.69) is 5.32 Å². The van der Waals surface area contributed by atoms with Gasteiger partial charge in [0.1, 0.15) is 11.6 Å². The largest absolute Gasteiger partial charge is 0.353 e. The van der Waals surface area contributed by atoms with Crippen molar-refractivity contribution < 1.29 is 13.6 Å². The Morgan fingerprint density at radius 3 is 2.50 bits per heavy atom. The quantitative estimate of drug-likeness (QED) is 0.846. The highest BCUT2D eigenvalue weighted by Gasteiger charge is 2.05. The monoisotopic (exact) mass is 267 g/mol. The number of halogens is 3. The standard InChI is InChI=1S/C13H8ClF2NO/c14-11-6-10(3-1-8(11)7-18)17-13-4-2-9(15)5-12(13)16/h1-7,17H. The number of nitrogens with one attached hydrogen (secondary N) is 1. The third-order valence-corrected chi connectivity index (χ3v) is 2.66. The van der Waals surface area contributed by atoms with Gasteiger partial charge in [-0.2, -0.15) is 0 Å². The Bertz CT molecular complexity index is 602. The molecule has 2 aromatic carbocycles. The van der Waals surface area contributed by atoms with Gasteiger partial charge in [-0.1, -0.05) is 11.6 Å². The molecule has 18 heavy (non-hydrogen) atoms. The van der Waals surface area contributed by atoms with Crippen molar-refractivity contribution in [2.24, 2.45) is 0 Å². The summed E-state index contributed by atoms with van der Waals surface area (Å²) < 4.78 is 26.1. The molecule has 0 atom stereocenters. The normalized spacial score (nSPS) is 10.2. The second-order valence-electron chi connectivity index (χ2n) is 3.60. The van der Waals surface area contributed by atoms with Gasteiger partial charge in [0.25, 0.3) is 0 Å². The molecule has 1 N–H and O–H groups in total. The maximum atomic E-state index is 13.4. The van der Waals surface area contributed by atoms with Crippen LogP contribution >= 0.6 is 11.6 Å². The van der Waals surface area contributed by atoms with Crippen molar-refractivity contribution in [3.63, 3.8) is 0 Å². The lowest BCUT2D eigenvalue weighted by atomic mass is 10.2.